The summed E-state index contributed by atoms with van der Waals surface area (Å²) >= 11 is 0. The lowest BCUT2D eigenvalue weighted by atomic mass is 10.2. The maximum atomic E-state index is 11.7. The number of benzene rings is 1. The van der Waals surface area contributed by atoms with Crippen molar-refractivity contribution < 1.29 is 14.3 Å². The number of esters is 1. The number of H-pyrrole nitrogens is 1. The number of hydrogen-bond acceptors (Lipinski definition) is 4. The van der Waals surface area contributed by atoms with E-state index in [1.165, 1.54) is 4.57 Å². The second-order valence-electron chi connectivity index (χ2n) is 4.25. The van der Waals surface area contributed by atoms with E-state index in [0.717, 1.165) is 5.69 Å². The van der Waals surface area contributed by atoms with E-state index >= 15 is 0 Å². The Labute approximate surface area is 116 Å². The van der Waals surface area contributed by atoms with Crippen LogP contribution in [0.3, 0.4) is 0 Å². The van der Waals surface area contributed by atoms with Crippen molar-refractivity contribution in [3.63, 3.8) is 0 Å². The molecule has 1 aromatic carbocycles. The van der Waals surface area contributed by atoms with Crippen LogP contribution >= 0.6 is 0 Å². The first-order valence-corrected chi connectivity index (χ1v) is 6.17. The Kier molecular flexibility index (Phi) is 4.37. The van der Waals surface area contributed by atoms with Crippen LogP contribution in [0.2, 0.25) is 0 Å². The molecule has 0 spiro atoms. The molecule has 0 aliphatic rings. The lowest BCUT2D eigenvalue weighted by Crippen LogP contribution is -2.16. The minimum absolute atomic E-state index is 0.210. The molecule has 0 unspecified atom stereocenters. The summed E-state index contributed by atoms with van der Waals surface area (Å²) < 4.78 is 11.3. The quantitative estimate of drug-likeness (QED) is 0.659. The summed E-state index contributed by atoms with van der Waals surface area (Å²) in [5.41, 5.74) is 1.72. The molecule has 0 amide bonds. The number of aryl methyl sites for hydroxylation is 1. The summed E-state index contributed by atoms with van der Waals surface area (Å²) in [4.78, 5) is 25.9. The van der Waals surface area contributed by atoms with E-state index in [1.807, 2.05) is 6.92 Å². The van der Waals surface area contributed by atoms with Gasteiger partial charge in [-0.05, 0) is 31.2 Å². The molecule has 0 atom stereocenters. The first kappa shape index (κ1) is 14.1. The van der Waals surface area contributed by atoms with Gasteiger partial charge in [0.2, 0.25) is 0 Å². The largest absolute Gasteiger partial charge is 0.460 e. The minimum Gasteiger partial charge on any atom is -0.460 e. The number of imidazole rings is 1. The number of ether oxygens (including phenoxy) is 2. The molecule has 0 aliphatic heterocycles. The van der Waals surface area contributed by atoms with E-state index < -0.39 is 5.97 Å². The predicted octanol–water partition coefficient (Wildman–Crippen LogP) is 1.28. The van der Waals surface area contributed by atoms with Crippen LogP contribution in [0.1, 0.15) is 16.1 Å². The summed E-state index contributed by atoms with van der Waals surface area (Å²) in [6, 6.07) is 6.66. The van der Waals surface area contributed by atoms with Crippen molar-refractivity contribution in [1.29, 1.82) is 0 Å². The highest BCUT2D eigenvalue weighted by Gasteiger charge is 2.09. The van der Waals surface area contributed by atoms with Gasteiger partial charge in [0.1, 0.15) is 6.61 Å². The van der Waals surface area contributed by atoms with Gasteiger partial charge < -0.3 is 14.5 Å². The van der Waals surface area contributed by atoms with Gasteiger partial charge in [-0.15, -0.1) is 0 Å². The van der Waals surface area contributed by atoms with Crippen molar-refractivity contribution in [2.45, 2.75) is 6.92 Å². The Hall–Kier alpha value is -2.34. The van der Waals surface area contributed by atoms with Gasteiger partial charge in [-0.2, -0.15) is 0 Å². The minimum atomic E-state index is -0.410. The fraction of sp³-hybridized carbons (Fsp3) is 0.286. The van der Waals surface area contributed by atoms with Crippen LogP contribution < -0.4 is 5.69 Å². The van der Waals surface area contributed by atoms with Crippen molar-refractivity contribution in [3.8, 4) is 5.69 Å². The molecule has 1 aromatic heterocycles. The van der Waals surface area contributed by atoms with Gasteiger partial charge in [-0.3, -0.25) is 4.57 Å². The highest BCUT2D eigenvalue weighted by Crippen LogP contribution is 2.10. The average Bonchev–Trinajstić information content (AvgIpc) is 2.78. The molecule has 2 rings (SSSR count). The monoisotopic (exact) mass is 276 g/mol. The standard InChI is InChI=1S/C14H16N2O4/c1-10-9-15-14(18)16(10)12-5-3-11(4-6-12)13(17)20-8-7-19-2/h3-6,9H,7-8H2,1-2H3,(H,15,18). The number of rotatable bonds is 5. The molecule has 0 aliphatic carbocycles. The number of nitrogens with one attached hydrogen (secondary N) is 1. The number of carbonyl (C=O) groups is 1. The van der Waals surface area contributed by atoms with Crippen LogP contribution in [0.5, 0.6) is 0 Å². The molecule has 20 heavy (non-hydrogen) atoms. The normalized spacial score (nSPS) is 10.5. The molecule has 0 saturated carbocycles. The third kappa shape index (κ3) is 2.97. The molecule has 6 nitrogen and oxygen atoms in total. The molecule has 0 fully saturated rings. The molecular weight excluding hydrogens is 260 g/mol. The predicted molar refractivity (Wildman–Crippen MR) is 73.3 cm³/mol. The Balaban J connectivity index is 2.14. The third-order valence-corrected chi connectivity index (χ3v) is 2.84. The number of carbonyl (C=O) groups excluding carboxylic acids is 1. The number of hydrogen-bond donors (Lipinski definition) is 1. The highest BCUT2D eigenvalue weighted by molar-refractivity contribution is 5.89. The zero-order chi connectivity index (χ0) is 14.5. The van der Waals surface area contributed by atoms with E-state index in [-0.39, 0.29) is 12.3 Å². The van der Waals surface area contributed by atoms with Gasteiger partial charge >= 0.3 is 11.7 Å². The van der Waals surface area contributed by atoms with E-state index in [2.05, 4.69) is 4.98 Å². The molecule has 0 radical (unpaired) electrons. The zero-order valence-corrected chi connectivity index (χ0v) is 11.4. The molecule has 2 aromatic rings. The maximum Gasteiger partial charge on any atom is 0.338 e. The summed E-state index contributed by atoms with van der Waals surface area (Å²) in [6.07, 6.45) is 1.63. The van der Waals surface area contributed by atoms with Crippen LogP contribution in [0.25, 0.3) is 5.69 Å². The van der Waals surface area contributed by atoms with Crippen LogP contribution in [0.15, 0.2) is 35.3 Å². The summed E-state index contributed by atoms with van der Waals surface area (Å²) in [7, 11) is 1.54. The first-order valence-electron chi connectivity index (χ1n) is 6.17. The van der Waals surface area contributed by atoms with Gasteiger partial charge in [0.25, 0.3) is 0 Å². The van der Waals surface area contributed by atoms with Gasteiger partial charge in [0, 0.05) is 19.0 Å². The maximum absolute atomic E-state index is 11.7. The van der Waals surface area contributed by atoms with Crippen LogP contribution in [-0.2, 0) is 9.47 Å². The summed E-state index contributed by atoms with van der Waals surface area (Å²) in [5.74, 6) is -0.410. The summed E-state index contributed by atoms with van der Waals surface area (Å²) in [6.45, 7) is 2.40. The topological polar surface area (TPSA) is 73.3 Å². The van der Waals surface area contributed by atoms with Gasteiger partial charge in [-0.1, -0.05) is 0 Å². The van der Waals surface area contributed by atoms with Crippen molar-refractivity contribution in [2.24, 2.45) is 0 Å². The number of nitrogens with zero attached hydrogens (tertiary/aromatic N) is 1. The lowest BCUT2D eigenvalue weighted by molar-refractivity contribution is 0.0388. The van der Waals surface area contributed by atoms with Crippen molar-refractivity contribution in [2.75, 3.05) is 20.3 Å². The average molecular weight is 276 g/mol. The molecule has 6 heteroatoms. The highest BCUT2D eigenvalue weighted by atomic mass is 16.6. The molecule has 106 valence electrons. The third-order valence-electron chi connectivity index (χ3n) is 2.84. The van der Waals surface area contributed by atoms with Crippen LogP contribution in [0, 0.1) is 6.92 Å². The smallest absolute Gasteiger partial charge is 0.338 e. The fourth-order valence-electron chi connectivity index (χ4n) is 1.82. The molecule has 1 heterocycles. The van der Waals surface area contributed by atoms with E-state index in [0.29, 0.717) is 17.9 Å². The Bertz CT molecular complexity index is 640. The van der Waals surface area contributed by atoms with Crippen LogP contribution in [-0.4, -0.2) is 35.8 Å². The van der Waals surface area contributed by atoms with Gasteiger partial charge in [-0.25, -0.2) is 9.59 Å². The first-order chi connectivity index (χ1) is 9.63. The molecule has 0 bridgehead atoms. The zero-order valence-electron chi connectivity index (χ0n) is 11.4. The van der Waals surface area contributed by atoms with Crippen molar-refractivity contribution in [1.82, 2.24) is 9.55 Å². The van der Waals surface area contributed by atoms with Crippen molar-refractivity contribution in [3.05, 3.63) is 52.2 Å². The fourth-order valence-corrected chi connectivity index (χ4v) is 1.82. The lowest BCUT2D eigenvalue weighted by Gasteiger charge is -2.06. The second-order valence-corrected chi connectivity index (χ2v) is 4.25. The number of aromatic nitrogens is 2. The second kappa shape index (κ2) is 6.21. The molecule has 1 N–H and O–H groups in total. The van der Waals surface area contributed by atoms with Crippen LogP contribution in [0.4, 0.5) is 0 Å². The van der Waals surface area contributed by atoms with E-state index in [1.54, 1.807) is 37.6 Å². The van der Waals surface area contributed by atoms with Gasteiger partial charge in [0.15, 0.2) is 0 Å². The van der Waals surface area contributed by atoms with Crippen molar-refractivity contribution >= 4 is 5.97 Å². The number of methoxy groups -OCH3 is 1. The van der Waals surface area contributed by atoms with Gasteiger partial charge in [0.05, 0.1) is 17.9 Å². The van der Waals surface area contributed by atoms with E-state index in [9.17, 15) is 9.59 Å². The summed E-state index contributed by atoms with van der Waals surface area (Å²) in [5, 5.41) is 0. The Morgan fingerprint density at radius 1 is 1.25 bits per heavy atom. The van der Waals surface area contributed by atoms with E-state index in [4.69, 9.17) is 9.47 Å². The number of aromatic amines is 1. The Morgan fingerprint density at radius 2 is 1.95 bits per heavy atom. The molecule has 0 saturated heterocycles. The SMILES string of the molecule is COCCOC(=O)c1ccc(-n2c(C)c[nH]c2=O)cc1. The molecular formula is C14H16N2O4. The Morgan fingerprint density at radius 3 is 2.50 bits per heavy atom.